The third-order valence-corrected chi connectivity index (χ3v) is 3.97. The zero-order valence-corrected chi connectivity index (χ0v) is 15.6. The van der Waals surface area contributed by atoms with Crippen LogP contribution in [-0.2, 0) is 6.54 Å². The zero-order valence-electron chi connectivity index (χ0n) is 14.1. The Balaban J connectivity index is 1.68. The number of nitrogens with zero attached hydrogens (tertiary/aromatic N) is 2. The average molecular weight is 404 g/mol. The van der Waals surface area contributed by atoms with E-state index < -0.39 is 5.91 Å². The lowest BCUT2D eigenvalue weighted by Gasteiger charge is -2.09. The normalized spacial score (nSPS) is 10.4. The average Bonchev–Trinajstić information content (AvgIpc) is 2.63. The summed E-state index contributed by atoms with van der Waals surface area (Å²) in [5.74, 6) is 0.211. The highest BCUT2D eigenvalue weighted by Gasteiger charge is 2.11. The maximum Gasteiger partial charge on any atom is 0.276 e. The number of carbonyl (C=O) groups excluding carboxylic acids is 1. The van der Waals surface area contributed by atoms with Crippen molar-refractivity contribution in [3.8, 4) is 5.75 Å². The third kappa shape index (κ3) is 5.32. The van der Waals surface area contributed by atoms with Crippen LogP contribution in [0.5, 0.6) is 5.75 Å². The van der Waals surface area contributed by atoms with E-state index in [4.69, 9.17) is 27.9 Å². The minimum Gasteiger partial charge on any atom is -0.492 e. The number of carbonyl (C=O) groups is 1. The largest absolute Gasteiger partial charge is 0.492 e. The van der Waals surface area contributed by atoms with Crippen molar-refractivity contribution in [1.29, 1.82) is 0 Å². The van der Waals surface area contributed by atoms with Crippen molar-refractivity contribution in [1.82, 2.24) is 9.78 Å². The molecule has 1 aromatic heterocycles. The van der Waals surface area contributed by atoms with E-state index in [0.29, 0.717) is 21.5 Å². The number of anilines is 1. The van der Waals surface area contributed by atoms with Gasteiger partial charge in [-0.05, 0) is 36.4 Å². The Hall–Kier alpha value is -2.83. The summed E-state index contributed by atoms with van der Waals surface area (Å²) in [4.78, 5) is 24.4. The van der Waals surface area contributed by atoms with Crippen LogP contribution in [0.1, 0.15) is 10.5 Å². The first kappa shape index (κ1) is 18.9. The van der Waals surface area contributed by atoms with Crippen molar-refractivity contribution in [2.45, 2.75) is 6.54 Å². The van der Waals surface area contributed by atoms with Crippen LogP contribution < -0.4 is 15.6 Å². The smallest absolute Gasteiger partial charge is 0.276 e. The summed E-state index contributed by atoms with van der Waals surface area (Å²) in [6.45, 7) is 0.448. The highest BCUT2D eigenvalue weighted by Crippen LogP contribution is 2.22. The molecule has 27 heavy (non-hydrogen) atoms. The van der Waals surface area contributed by atoms with Gasteiger partial charge in [-0.1, -0.05) is 41.4 Å². The van der Waals surface area contributed by atoms with E-state index in [1.165, 1.54) is 16.8 Å². The fraction of sp³-hybridized carbons (Fsp3) is 0.105. The molecule has 0 unspecified atom stereocenters. The van der Waals surface area contributed by atoms with Gasteiger partial charge in [-0.2, -0.15) is 5.10 Å². The van der Waals surface area contributed by atoms with Gasteiger partial charge in [0.15, 0.2) is 0 Å². The van der Waals surface area contributed by atoms with Crippen molar-refractivity contribution in [2.24, 2.45) is 0 Å². The van der Waals surface area contributed by atoms with Gasteiger partial charge in [0.1, 0.15) is 18.1 Å². The lowest BCUT2D eigenvalue weighted by Crippen LogP contribution is -2.28. The molecule has 8 heteroatoms. The molecule has 3 rings (SSSR count). The Morgan fingerprint density at radius 3 is 2.44 bits per heavy atom. The summed E-state index contributed by atoms with van der Waals surface area (Å²) in [6, 6.07) is 16.6. The van der Waals surface area contributed by atoms with Crippen LogP contribution in [0.15, 0.2) is 65.5 Å². The number of para-hydroxylation sites is 1. The minimum atomic E-state index is -0.480. The van der Waals surface area contributed by atoms with Crippen LogP contribution in [0.4, 0.5) is 5.69 Å². The Morgan fingerprint density at radius 1 is 1.04 bits per heavy atom. The molecule has 138 valence electrons. The standard InChI is InChI=1S/C19H15Cl2N3O3/c20-13-10-14(21)12-15(11-13)22-19(26)17-6-7-18(25)24(23-17)8-9-27-16-4-2-1-3-5-16/h1-7,10-12H,8-9H2,(H,22,26). The van der Waals surface area contributed by atoms with E-state index in [0.717, 1.165) is 0 Å². The summed E-state index contributed by atoms with van der Waals surface area (Å²) < 4.78 is 6.74. The summed E-state index contributed by atoms with van der Waals surface area (Å²) in [7, 11) is 0. The highest BCUT2D eigenvalue weighted by atomic mass is 35.5. The molecule has 0 bridgehead atoms. The van der Waals surface area contributed by atoms with Crippen LogP contribution in [0, 0.1) is 0 Å². The Labute approximate surface area is 165 Å². The number of halogens is 2. The second-order valence-corrected chi connectivity index (χ2v) is 6.43. The van der Waals surface area contributed by atoms with Gasteiger partial charge < -0.3 is 10.1 Å². The van der Waals surface area contributed by atoms with Crippen molar-refractivity contribution in [3.05, 3.63) is 86.8 Å². The van der Waals surface area contributed by atoms with Gasteiger partial charge in [0, 0.05) is 21.8 Å². The van der Waals surface area contributed by atoms with Crippen LogP contribution in [0.2, 0.25) is 10.0 Å². The number of nitrogens with one attached hydrogen (secondary N) is 1. The van der Waals surface area contributed by atoms with Crippen molar-refractivity contribution in [2.75, 3.05) is 11.9 Å². The van der Waals surface area contributed by atoms with Crippen LogP contribution >= 0.6 is 23.2 Å². The molecule has 0 spiro atoms. The minimum absolute atomic E-state index is 0.0883. The van der Waals surface area contributed by atoms with Crippen molar-refractivity contribution in [3.63, 3.8) is 0 Å². The number of ether oxygens (including phenoxy) is 1. The lowest BCUT2D eigenvalue weighted by molar-refractivity contribution is 0.101. The molecule has 1 N–H and O–H groups in total. The molecule has 0 aliphatic heterocycles. The molecule has 0 aliphatic carbocycles. The van der Waals surface area contributed by atoms with Crippen LogP contribution in [0.3, 0.4) is 0 Å². The summed E-state index contributed by atoms with van der Waals surface area (Å²) in [5, 5.41) is 7.54. The van der Waals surface area contributed by atoms with E-state index in [-0.39, 0.29) is 24.4 Å². The molecule has 1 amide bonds. The van der Waals surface area contributed by atoms with Gasteiger partial charge in [0.2, 0.25) is 0 Å². The topological polar surface area (TPSA) is 73.2 Å². The van der Waals surface area contributed by atoms with E-state index in [1.807, 2.05) is 30.3 Å². The first-order valence-electron chi connectivity index (χ1n) is 8.05. The second kappa shape index (κ2) is 8.70. The van der Waals surface area contributed by atoms with Gasteiger partial charge in [0.05, 0.1) is 6.54 Å². The molecule has 0 fully saturated rings. The predicted octanol–water partition coefficient (Wildman–Crippen LogP) is 3.88. The molecule has 0 saturated heterocycles. The molecule has 0 saturated carbocycles. The summed E-state index contributed by atoms with van der Waals surface area (Å²) in [5.41, 5.74) is 0.198. The number of amides is 1. The maximum atomic E-state index is 12.4. The number of benzene rings is 2. The first-order chi connectivity index (χ1) is 13.0. The van der Waals surface area contributed by atoms with Crippen LogP contribution in [0.25, 0.3) is 0 Å². The monoisotopic (exact) mass is 403 g/mol. The third-order valence-electron chi connectivity index (χ3n) is 3.53. The quantitative estimate of drug-likeness (QED) is 0.677. The van der Waals surface area contributed by atoms with E-state index in [2.05, 4.69) is 10.4 Å². The van der Waals surface area contributed by atoms with Gasteiger partial charge in [-0.3, -0.25) is 9.59 Å². The van der Waals surface area contributed by atoms with Gasteiger partial charge in [0.25, 0.3) is 11.5 Å². The Morgan fingerprint density at radius 2 is 1.74 bits per heavy atom. The molecule has 0 aliphatic rings. The predicted molar refractivity (Wildman–Crippen MR) is 105 cm³/mol. The molecule has 6 nitrogen and oxygen atoms in total. The molecular formula is C19H15Cl2N3O3. The first-order valence-corrected chi connectivity index (χ1v) is 8.80. The molecule has 0 radical (unpaired) electrons. The summed E-state index contributed by atoms with van der Waals surface area (Å²) in [6.07, 6.45) is 0. The van der Waals surface area contributed by atoms with Gasteiger partial charge in [-0.25, -0.2) is 4.68 Å². The van der Waals surface area contributed by atoms with E-state index in [9.17, 15) is 9.59 Å². The summed E-state index contributed by atoms with van der Waals surface area (Å²) >= 11 is 11.8. The van der Waals surface area contributed by atoms with Gasteiger partial charge >= 0.3 is 0 Å². The van der Waals surface area contributed by atoms with E-state index in [1.54, 1.807) is 18.2 Å². The second-order valence-electron chi connectivity index (χ2n) is 5.55. The van der Waals surface area contributed by atoms with Gasteiger partial charge in [-0.15, -0.1) is 0 Å². The SMILES string of the molecule is O=C(Nc1cc(Cl)cc(Cl)c1)c1ccc(=O)n(CCOc2ccccc2)n1. The molecule has 2 aromatic carbocycles. The zero-order chi connectivity index (χ0) is 19.2. The fourth-order valence-electron chi connectivity index (χ4n) is 2.32. The number of rotatable bonds is 6. The molecular weight excluding hydrogens is 389 g/mol. The van der Waals surface area contributed by atoms with Crippen molar-refractivity contribution >= 4 is 34.8 Å². The fourth-order valence-corrected chi connectivity index (χ4v) is 2.84. The molecule has 0 atom stereocenters. The highest BCUT2D eigenvalue weighted by molar-refractivity contribution is 6.35. The maximum absolute atomic E-state index is 12.4. The lowest BCUT2D eigenvalue weighted by atomic mass is 10.3. The number of hydrogen-bond acceptors (Lipinski definition) is 4. The Kier molecular flexibility index (Phi) is 6.11. The molecule has 1 heterocycles. The number of aromatic nitrogens is 2. The Bertz CT molecular complexity index is 986. The van der Waals surface area contributed by atoms with E-state index >= 15 is 0 Å². The molecule has 3 aromatic rings. The number of hydrogen-bond donors (Lipinski definition) is 1. The van der Waals surface area contributed by atoms with Crippen LogP contribution in [-0.4, -0.2) is 22.3 Å². The van der Waals surface area contributed by atoms with Crippen molar-refractivity contribution < 1.29 is 9.53 Å².